The monoisotopic (exact) mass is 227 g/mol. The van der Waals surface area contributed by atoms with Crippen LogP contribution < -0.4 is 16.4 Å². The van der Waals surface area contributed by atoms with Crippen LogP contribution in [0.2, 0.25) is 0 Å². The Morgan fingerprint density at radius 2 is 1.81 bits per heavy atom. The third-order valence-electron chi connectivity index (χ3n) is 3.38. The Morgan fingerprint density at radius 3 is 2.25 bits per heavy atom. The number of carbonyl (C=O) groups excluding carboxylic acids is 1. The summed E-state index contributed by atoms with van der Waals surface area (Å²) in [5, 5.41) is 6.04. The highest BCUT2D eigenvalue weighted by atomic mass is 16.2. The van der Waals surface area contributed by atoms with Crippen LogP contribution in [0.4, 0.5) is 0 Å². The Bertz CT molecular complexity index is 234. The van der Waals surface area contributed by atoms with Crippen molar-refractivity contribution in [3.05, 3.63) is 0 Å². The van der Waals surface area contributed by atoms with Crippen LogP contribution in [0.3, 0.4) is 0 Å². The summed E-state index contributed by atoms with van der Waals surface area (Å²) in [6.07, 6.45) is 5.25. The fourth-order valence-corrected chi connectivity index (χ4v) is 2.40. The lowest BCUT2D eigenvalue weighted by Crippen LogP contribution is -2.61. The van der Waals surface area contributed by atoms with Crippen LogP contribution in [0.5, 0.6) is 0 Å². The summed E-state index contributed by atoms with van der Waals surface area (Å²) in [6, 6.07) is -0.151. The first-order chi connectivity index (χ1) is 7.48. The average Bonchev–Trinajstić information content (AvgIpc) is 2.18. The largest absolute Gasteiger partial charge is 0.337 e. The van der Waals surface area contributed by atoms with Gasteiger partial charge < -0.3 is 16.4 Å². The molecule has 1 unspecified atom stereocenters. The zero-order valence-corrected chi connectivity index (χ0v) is 10.7. The molecular weight excluding hydrogens is 202 g/mol. The van der Waals surface area contributed by atoms with Gasteiger partial charge in [-0.3, -0.25) is 4.79 Å². The van der Waals surface area contributed by atoms with Crippen LogP contribution in [0.25, 0.3) is 0 Å². The van der Waals surface area contributed by atoms with Crippen LogP contribution in [0.1, 0.15) is 46.0 Å². The normalized spacial score (nSPS) is 21.8. The first-order valence-electron chi connectivity index (χ1n) is 6.27. The van der Waals surface area contributed by atoms with Crippen LogP contribution in [0.15, 0.2) is 0 Å². The molecule has 1 rings (SSSR count). The van der Waals surface area contributed by atoms with Gasteiger partial charge in [0.1, 0.15) is 0 Å². The average molecular weight is 227 g/mol. The SMILES string of the molecule is CNC(C(=O)NC1(N)CCCCC1)C(C)C. The highest BCUT2D eigenvalue weighted by molar-refractivity contribution is 5.82. The van der Waals surface area contributed by atoms with Gasteiger partial charge >= 0.3 is 0 Å². The molecule has 4 heteroatoms. The van der Waals surface area contributed by atoms with E-state index >= 15 is 0 Å². The topological polar surface area (TPSA) is 67.2 Å². The van der Waals surface area contributed by atoms with Gasteiger partial charge in [0, 0.05) is 0 Å². The number of amides is 1. The van der Waals surface area contributed by atoms with Crippen LogP contribution in [-0.4, -0.2) is 24.7 Å². The number of hydrogen-bond donors (Lipinski definition) is 3. The van der Waals surface area contributed by atoms with Crippen molar-refractivity contribution in [2.75, 3.05) is 7.05 Å². The number of carbonyl (C=O) groups is 1. The summed E-state index contributed by atoms with van der Waals surface area (Å²) in [5.74, 6) is 0.305. The molecule has 0 spiro atoms. The number of hydrogen-bond acceptors (Lipinski definition) is 3. The van der Waals surface area contributed by atoms with Crippen molar-refractivity contribution in [2.45, 2.75) is 57.7 Å². The second-order valence-corrected chi connectivity index (χ2v) is 5.22. The summed E-state index contributed by atoms with van der Waals surface area (Å²) >= 11 is 0. The molecule has 1 aliphatic rings. The molecule has 1 amide bonds. The minimum atomic E-state index is -0.473. The summed E-state index contributed by atoms with van der Waals surface area (Å²) in [7, 11) is 1.81. The van der Waals surface area contributed by atoms with Gasteiger partial charge in [-0.25, -0.2) is 0 Å². The predicted octanol–water partition coefficient (Wildman–Crippen LogP) is 0.966. The summed E-state index contributed by atoms with van der Waals surface area (Å²) < 4.78 is 0. The van der Waals surface area contributed by atoms with E-state index in [0.717, 1.165) is 25.7 Å². The maximum atomic E-state index is 12.0. The van der Waals surface area contributed by atoms with Gasteiger partial charge in [-0.2, -0.15) is 0 Å². The molecule has 0 saturated heterocycles. The highest BCUT2D eigenvalue weighted by Gasteiger charge is 2.31. The van der Waals surface area contributed by atoms with Crippen molar-refractivity contribution >= 4 is 5.91 Å². The van der Waals surface area contributed by atoms with Crippen LogP contribution >= 0.6 is 0 Å². The van der Waals surface area contributed by atoms with E-state index < -0.39 is 5.66 Å². The second kappa shape index (κ2) is 5.64. The minimum Gasteiger partial charge on any atom is -0.337 e. The third-order valence-corrected chi connectivity index (χ3v) is 3.38. The Labute approximate surface area is 98.3 Å². The minimum absolute atomic E-state index is 0.0295. The highest BCUT2D eigenvalue weighted by Crippen LogP contribution is 2.23. The smallest absolute Gasteiger partial charge is 0.238 e. The quantitative estimate of drug-likeness (QED) is 0.627. The molecule has 1 aliphatic carbocycles. The van der Waals surface area contributed by atoms with Crippen molar-refractivity contribution < 1.29 is 4.79 Å². The van der Waals surface area contributed by atoms with Gasteiger partial charge in [0.15, 0.2) is 0 Å². The van der Waals surface area contributed by atoms with E-state index in [1.165, 1.54) is 6.42 Å². The Morgan fingerprint density at radius 1 is 1.25 bits per heavy atom. The zero-order chi connectivity index (χ0) is 12.2. The number of rotatable bonds is 4. The zero-order valence-electron chi connectivity index (χ0n) is 10.7. The Hall–Kier alpha value is -0.610. The molecule has 1 atom stereocenters. The summed E-state index contributed by atoms with van der Waals surface area (Å²) in [4.78, 5) is 12.0. The molecule has 0 bridgehead atoms. The molecule has 0 aliphatic heterocycles. The van der Waals surface area contributed by atoms with E-state index in [0.29, 0.717) is 0 Å². The van der Waals surface area contributed by atoms with Crippen molar-refractivity contribution in [1.82, 2.24) is 10.6 Å². The number of likely N-dealkylation sites (N-methyl/N-ethyl adjacent to an activating group) is 1. The lowest BCUT2D eigenvalue weighted by molar-refractivity contribution is -0.126. The summed E-state index contributed by atoms with van der Waals surface area (Å²) in [6.45, 7) is 4.07. The maximum absolute atomic E-state index is 12.0. The van der Waals surface area contributed by atoms with Gasteiger partial charge in [0.2, 0.25) is 5.91 Å². The van der Waals surface area contributed by atoms with Gasteiger partial charge in [-0.1, -0.05) is 20.3 Å². The molecule has 1 saturated carbocycles. The van der Waals surface area contributed by atoms with Crippen molar-refractivity contribution in [1.29, 1.82) is 0 Å². The van der Waals surface area contributed by atoms with Gasteiger partial charge in [0.05, 0.1) is 11.7 Å². The van der Waals surface area contributed by atoms with E-state index in [9.17, 15) is 4.79 Å². The fraction of sp³-hybridized carbons (Fsp3) is 0.917. The maximum Gasteiger partial charge on any atom is 0.238 e. The number of nitrogens with one attached hydrogen (secondary N) is 2. The molecule has 94 valence electrons. The summed E-state index contributed by atoms with van der Waals surface area (Å²) in [5.41, 5.74) is 5.72. The molecular formula is C12H25N3O. The standard InChI is InChI=1S/C12H25N3O/c1-9(2)10(14-3)11(16)15-12(13)7-5-4-6-8-12/h9-10,14H,4-8,13H2,1-3H3,(H,15,16). The molecule has 4 nitrogen and oxygen atoms in total. The van der Waals surface area contributed by atoms with E-state index in [-0.39, 0.29) is 17.9 Å². The number of nitrogens with two attached hydrogens (primary N) is 1. The van der Waals surface area contributed by atoms with E-state index in [1.54, 1.807) is 0 Å². The first-order valence-corrected chi connectivity index (χ1v) is 6.27. The molecule has 16 heavy (non-hydrogen) atoms. The lowest BCUT2D eigenvalue weighted by Gasteiger charge is -2.36. The molecule has 0 aromatic heterocycles. The molecule has 1 fully saturated rings. The molecule has 0 radical (unpaired) electrons. The predicted molar refractivity (Wildman–Crippen MR) is 65.8 cm³/mol. The van der Waals surface area contributed by atoms with Gasteiger partial charge in [-0.05, 0) is 38.6 Å². The van der Waals surface area contributed by atoms with Crippen LogP contribution in [-0.2, 0) is 4.79 Å². The van der Waals surface area contributed by atoms with E-state index in [4.69, 9.17) is 5.73 Å². The fourth-order valence-electron chi connectivity index (χ4n) is 2.40. The lowest BCUT2D eigenvalue weighted by atomic mass is 9.89. The Kier molecular flexibility index (Phi) is 4.74. The molecule has 0 aromatic rings. The van der Waals surface area contributed by atoms with Crippen molar-refractivity contribution in [3.63, 3.8) is 0 Å². The molecule has 0 aromatic carbocycles. The van der Waals surface area contributed by atoms with E-state index in [1.807, 2.05) is 20.9 Å². The first kappa shape index (κ1) is 13.5. The molecule has 0 heterocycles. The molecule has 4 N–H and O–H groups in total. The van der Waals surface area contributed by atoms with Gasteiger partial charge in [-0.15, -0.1) is 0 Å². The Balaban J connectivity index is 2.54. The van der Waals surface area contributed by atoms with Crippen molar-refractivity contribution in [2.24, 2.45) is 11.7 Å². The third kappa shape index (κ3) is 3.46. The second-order valence-electron chi connectivity index (χ2n) is 5.22. The van der Waals surface area contributed by atoms with Crippen LogP contribution in [0, 0.1) is 5.92 Å². The van der Waals surface area contributed by atoms with Crippen molar-refractivity contribution in [3.8, 4) is 0 Å². The van der Waals surface area contributed by atoms with E-state index in [2.05, 4.69) is 10.6 Å². The van der Waals surface area contributed by atoms with Gasteiger partial charge in [0.25, 0.3) is 0 Å².